The molecule has 0 aromatic carbocycles. The molecule has 2 unspecified atom stereocenters. The summed E-state index contributed by atoms with van der Waals surface area (Å²) in [7, 11) is 7.37. The molecule has 0 aromatic rings. The summed E-state index contributed by atoms with van der Waals surface area (Å²) in [6, 6.07) is 0. The van der Waals surface area contributed by atoms with E-state index in [4.69, 9.17) is 0 Å². The number of hydrogen-bond acceptors (Lipinski definition) is 0. The molecule has 0 bridgehead atoms. The van der Waals surface area contributed by atoms with Crippen LogP contribution in [0.1, 0.15) is 74.1 Å². The van der Waals surface area contributed by atoms with Gasteiger partial charge in [0, 0.05) is 5.41 Å². The molecule has 0 fully saturated rings. The van der Waals surface area contributed by atoms with Crippen LogP contribution in [0.15, 0.2) is 144 Å². The second-order valence-corrected chi connectivity index (χ2v) is 14.4. The van der Waals surface area contributed by atoms with Gasteiger partial charge < -0.3 is 0 Å². The third kappa shape index (κ3) is 9.04. The quantitative estimate of drug-likeness (QED) is 0.204. The van der Waals surface area contributed by atoms with Crippen molar-refractivity contribution in [1.29, 1.82) is 0 Å². The average Bonchev–Trinajstić information content (AvgIpc) is 3.10. The monoisotopic (exact) mass is 563 g/mol. The van der Waals surface area contributed by atoms with Crippen molar-refractivity contribution in [3.63, 3.8) is 0 Å². The molecule has 4 aliphatic carbocycles. The lowest BCUT2D eigenvalue weighted by Crippen LogP contribution is -2.32. The van der Waals surface area contributed by atoms with E-state index in [2.05, 4.69) is 198 Å². The van der Waals surface area contributed by atoms with E-state index in [1.165, 1.54) is 16.5 Å². The van der Waals surface area contributed by atoms with Crippen molar-refractivity contribution in [2.24, 2.45) is 5.41 Å². The van der Waals surface area contributed by atoms with Gasteiger partial charge in [0.05, 0.1) is 0 Å². The SMILES string of the molecule is CC1([B]C(C)(C)/C2=C/C=C\C(C)([B]/C3=C\C=C/C(C)(C(C)(C)[B]/C4=C\C=C/C/C=C\C4)/C=C\C3)/C=C\C2)C=CC=CC=C1. The Morgan fingerprint density at radius 2 is 1.21 bits per heavy atom. The maximum absolute atomic E-state index is 2.48. The lowest BCUT2D eigenvalue weighted by atomic mass is 9.38. The van der Waals surface area contributed by atoms with Gasteiger partial charge in [0.2, 0.25) is 0 Å². The van der Waals surface area contributed by atoms with Gasteiger partial charge >= 0.3 is 0 Å². The van der Waals surface area contributed by atoms with Crippen molar-refractivity contribution >= 4 is 21.8 Å². The van der Waals surface area contributed by atoms with E-state index in [9.17, 15) is 0 Å². The van der Waals surface area contributed by atoms with Crippen LogP contribution in [0.2, 0.25) is 21.3 Å². The van der Waals surface area contributed by atoms with Crippen molar-refractivity contribution in [2.75, 3.05) is 0 Å². The predicted molar refractivity (Wildman–Crippen MR) is 195 cm³/mol. The van der Waals surface area contributed by atoms with Gasteiger partial charge in [-0.25, -0.2) is 0 Å². The molecule has 43 heavy (non-hydrogen) atoms. The standard InChI is InChI=1S/C40H50B3/c1-36(2,43-40(7)29-15-11-12-16-30-40)33-21-17-31-39(6,32-18-22-33)42-35-25-19-27-38(5,28-20-26-35)37(3,4)41-34-23-13-9-8-10-14-24-34/h9-21,23,25,27-32H,8,22,24,26H2,1-7H3/b13-9-,14-10-,27-19-,28-20-,31-17-,32-18-,33-21+,34-23-,35-25-. The van der Waals surface area contributed by atoms with Crippen molar-refractivity contribution in [2.45, 2.75) is 95.4 Å². The Labute approximate surface area is 266 Å². The smallest absolute Gasteiger partial charge is 0.104 e. The van der Waals surface area contributed by atoms with Crippen LogP contribution >= 0.6 is 0 Å². The summed E-state index contributed by atoms with van der Waals surface area (Å²) in [5, 5.41) is -0.253. The number of allylic oxidation sites excluding steroid dienone is 24. The highest BCUT2D eigenvalue weighted by Crippen LogP contribution is 2.49. The molecule has 0 heterocycles. The van der Waals surface area contributed by atoms with Crippen molar-refractivity contribution in [1.82, 2.24) is 0 Å². The summed E-state index contributed by atoms with van der Waals surface area (Å²) in [6.07, 6.45) is 51.7. The van der Waals surface area contributed by atoms with Gasteiger partial charge in [0.1, 0.15) is 7.28 Å². The van der Waals surface area contributed by atoms with Crippen molar-refractivity contribution in [3.05, 3.63) is 144 Å². The molecule has 4 rings (SSSR count). The van der Waals surface area contributed by atoms with Gasteiger partial charge in [-0.2, -0.15) is 0 Å². The van der Waals surface area contributed by atoms with Crippen molar-refractivity contribution in [3.8, 4) is 0 Å². The van der Waals surface area contributed by atoms with Crippen LogP contribution in [0.5, 0.6) is 0 Å². The lowest BCUT2D eigenvalue weighted by molar-refractivity contribution is 0.399. The first-order chi connectivity index (χ1) is 20.3. The van der Waals surface area contributed by atoms with Gasteiger partial charge in [0.25, 0.3) is 0 Å². The van der Waals surface area contributed by atoms with Gasteiger partial charge in [-0.05, 0) is 46.9 Å². The van der Waals surface area contributed by atoms with E-state index in [-0.39, 0.29) is 26.7 Å². The maximum Gasteiger partial charge on any atom is 0.163 e. The summed E-state index contributed by atoms with van der Waals surface area (Å²) in [4.78, 5) is 0. The molecule has 0 N–H and O–H groups in total. The molecule has 3 radical (unpaired) electrons. The molecule has 4 aliphatic rings. The fraction of sp³-hybridized carbons (Fsp3) is 0.400. The van der Waals surface area contributed by atoms with Gasteiger partial charge in [-0.1, -0.05) is 182 Å². The molecule has 0 nitrogen and oxygen atoms in total. The van der Waals surface area contributed by atoms with Gasteiger partial charge in [-0.15, -0.1) is 10.9 Å². The topological polar surface area (TPSA) is 0 Å². The summed E-state index contributed by atoms with van der Waals surface area (Å²) >= 11 is 0. The van der Waals surface area contributed by atoms with E-state index in [0.717, 1.165) is 25.7 Å². The summed E-state index contributed by atoms with van der Waals surface area (Å²) < 4.78 is 0. The van der Waals surface area contributed by atoms with Gasteiger partial charge in [0.15, 0.2) is 14.6 Å². The molecule has 3 heteroatoms. The highest BCUT2D eigenvalue weighted by molar-refractivity contribution is 6.51. The summed E-state index contributed by atoms with van der Waals surface area (Å²) in [6.45, 7) is 16.4. The Kier molecular flexibility index (Phi) is 10.6. The first kappa shape index (κ1) is 33.0. The van der Waals surface area contributed by atoms with Gasteiger partial charge in [-0.3, -0.25) is 0 Å². The Bertz CT molecular complexity index is 1360. The van der Waals surface area contributed by atoms with Crippen LogP contribution in [-0.2, 0) is 0 Å². The Balaban J connectivity index is 1.44. The second kappa shape index (κ2) is 13.8. The molecular formula is C40H50B3. The van der Waals surface area contributed by atoms with Crippen LogP contribution < -0.4 is 0 Å². The van der Waals surface area contributed by atoms with Crippen LogP contribution in [0.4, 0.5) is 0 Å². The zero-order valence-electron chi connectivity index (χ0n) is 27.7. The molecule has 0 aromatic heterocycles. The first-order valence-electron chi connectivity index (χ1n) is 16.1. The normalized spacial score (nSPS) is 35.1. The summed E-state index contributed by atoms with van der Waals surface area (Å²) in [5.41, 5.74) is 4.08. The minimum absolute atomic E-state index is 0.0227. The van der Waals surface area contributed by atoms with Crippen LogP contribution in [0.25, 0.3) is 0 Å². The highest BCUT2D eigenvalue weighted by atomic mass is 14.3. The number of hydrogen-bond donors (Lipinski definition) is 0. The maximum atomic E-state index is 2.48. The average molecular weight is 563 g/mol. The minimum Gasteiger partial charge on any atom is -0.104 e. The first-order valence-corrected chi connectivity index (χ1v) is 16.1. The molecule has 0 saturated carbocycles. The molecule has 219 valence electrons. The lowest BCUT2D eigenvalue weighted by Gasteiger charge is -2.41. The van der Waals surface area contributed by atoms with E-state index in [1.54, 1.807) is 0 Å². The van der Waals surface area contributed by atoms with E-state index in [0.29, 0.717) is 0 Å². The van der Waals surface area contributed by atoms with Crippen LogP contribution in [0, 0.1) is 5.41 Å². The van der Waals surface area contributed by atoms with E-state index < -0.39 is 0 Å². The van der Waals surface area contributed by atoms with E-state index in [1.807, 2.05) is 0 Å². The molecule has 0 aliphatic heterocycles. The van der Waals surface area contributed by atoms with Crippen LogP contribution in [0.3, 0.4) is 0 Å². The Morgan fingerprint density at radius 1 is 0.558 bits per heavy atom. The third-order valence-electron chi connectivity index (χ3n) is 9.55. The zero-order valence-corrected chi connectivity index (χ0v) is 27.7. The van der Waals surface area contributed by atoms with Crippen LogP contribution in [-0.4, -0.2) is 21.8 Å². The molecule has 0 spiro atoms. The summed E-state index contributed by atoms with van der Waals surface area (Å²) in [5.74, 6) is 0. The third-order valence-corrected chi connectivity index (χ3v) is 9.55. The Hall–Kier alpha value is -2.93. The minimum atomic E-state index is -0.130. The molecular weight excluding hydrogens is 513 g/mol. The fourth-order valence-electron chi connectivity index (χ4n) is 6.51. The number of rotatable bonds is 8. The molecule has 2 atom stereocenters. The fourth-order valence-corrected chi connectivity index (χ4v) is 6.51. The van der Waals surface area contributed by atoms with E-state index >= 15 is 0 Å². The molecule has 0 saturated heterocycles. The predicted octanol–water partition coefficient (Wildman–Crippen LogP) is 11.2. The van der Waals surface area contributed by atoms with Crippen molar-refractivity contribution < 1.29 is 0 Å². The largest absolute Gasteiger partial charge is 0.163 e. The second-order valence-electron chi connectivity index (χ2n) is 14.4. The molecule has 0 amide bonds. The zero-order chi connectivity index (χ0) is 31.0. The Morgan fingerprint density at radius 3 is 1.98 bits per heavy atom. The highest BCUT2D eigenvalue weighted by Gasteiger charge is 2.38.